The highest BCUT2D eigenvalue weighted by molar-refractivity contribution is 7.10. The van der Waals surface area contributed by atoms with E-state index in [-0.39, 0.29) is 5.91 Å². The van der Waals surface area contributed by atoms with Gasteiger partial charge in [-0.3, -0.25) is 4.79 Å². The summed E-state index contributed by atoms with van der Waals surface area (Å²) in [6.45, 7) is 0.634. The molecule has 3 nitrogen and oxygen atoms in total. The quantitative estimate of drug-likeness (QED) is 0.694. The fourth-order valence-corrected chi connectivity index (χ4v) is 2.88. The Morgan fingerprint density at radius 3 is 3.00 bits per heavy atom. The van der Waals surface area contributed by atoms with Crippen molar-refractivity contribution >= 4 is 34.2 Å². The molecule has 0 bridgehead atoms. The largest absolute Gasteiger partial charge is 0.361 e. The summed E-state index contributed by atoms with van der Waals surface area (Å²) in [5.74, 6) is -0.0526. The van der Waals surface area contributed by atoms with E-state index in [0.717, 1.165) is 16.8 Å². The number of hydrogen-bond acceptors (Lipinski definition) is 2. The summed E-state index contributed by atoms with van der Waals surface area (Å²) in [6, 6.07) is 12.2. The molecular formula is C17H16N2OS. The van der Waals surface area contributed by atoms with Gasteiger partial charge in [0.05, 0.1) is 0 Å². The van der Waals surface area contributed by atoms with Crippen molar-refractivity contribution in [3.8, 4) is 0 Å². The van der Waals surface area contributed by atoms with Gasteiger partial charge < -0.3 is 10.3 Å². The van der Waals surface area contributed by atoms with Crippen molar-refractivity contribution < 1.29 is 4.79 Å². The van der Waals surface area contributed by atoms with Crippen LogP contribution in [-0.2, 0) is 11.2 Å². The first-order valence-electron chi connectivity index (χ1n) is 6.87. The standard InChI is InChI=1S/C17H16N2OS/c20-17(8-7-14-4-3-11-21-14)18-10-9-13-12-19-16-6-2-1-5-15(13)16/h1-8,11-12,19H,9-10H2,(H,18,20). The van der Waals surface area contributed by atoms with Crippen LogP contribution in [0.5, 0.6) is 0 Å². The van der Waals surface area contributed by atoms with E-state index >= 15 is 0 Å². The highest BCUT2D eigenvalue weighted by atomic mass is 32.1. The lowest BCUT2D eigenvalue weighted by Gasteiger charge is -2.01. The average Bonchev–Trinajstić information content (AvgIpc) is 3.15. The molecule has 3 aromatic rings. The summed E-state index contributed by atoms with van der Waals surface area (Å²) in [4.78, 5) is 16.1. The van der Waals surface area contributed by atoms with Gasteiger partial charge in [-0.25, -0.2) is 0 Å². The van der Waals surface area contributed by atoms with Crippen LogP contribution in [0.4, 0.5) is 0 Å². The Kier molecular flexibility index (Phi) is 4.17. The highest BCUT2D eigenvalue weighted by Crippen LogP contribution is 2.17. The molecule has 0 spiro atoms. The van der Waals surface area contributed by atoms with Gasteiger partial charge in [-0.05, 0) is 35.6 Å². The summed E-state index contributed by atoms with van der Waals surface area (Å²) in [7, 11) is 0. The van der Waals surface area contributed by atoms with E-state index in [4.69, 9.17) is 0 Å². The number of aromatic amines is 1. The van der Waals surface area contributed by atoms with Crippen LogP contribution >= 0.6 is 11.3 Å². The lowest BCUT2D eigenvalue weighted by atomic mass is 10.1. The molecule has 0 radical (unpaired) electrons. The zero-order chi connectivity index (χ0) is 14.5. The van der Waals surface area contributed by atoms with Gasteiger partial charge in [-0.1, -0.05) is 24.3 Å². The molecule has 0 aliphatic heterocycles. The van der Waals surface area contributed by atoms with E-state index in [1.54, 1.807) is 17.4 Å². The molecule has 3 rings (SSSR count). The minimum atomic E-state index is -0.0526. The summed E-state index contributed by atoms with van der Waals surface area (Å²) in [6.07, 6.45) is 6.26. The molecule has 1 aromatic carbocycles. The minimum absolute atomic E-state index is 0.0526. The number of amides is 1. The lowest BCUT2D eigenvalue weighted by molar-refractivity contribution is -0.116. The minimum Gasteiger partial charge on any atom is -0.361 e. The van der Waals surface area contributed by atoms with Gasteiger partial charge in [0.2, 0.25) is 5.91 Å². The summed E-state index contributed by atoms with van der Waals surface area (Å²) >= 11 is 1.62. The van der Waals surface area contributed by atoms with Gasteiger partial charge in [0.15, 0.2) is 0 Å². The van der Waals surface area contributed by atoms with Crippen LogP contribution in [0.2, 0.25) is 0 Å². The Morgan fingerprint density at radius 1 is 1.24 bits per heavy atom. The number of carbonyl (C=O) groups excluding carboxylic acids is 1. The molecule has 106 valence electrons. The number of hydrogen-bond donors (Lipinski definition) is 2. The predicted molar refractivity (Wildman–Crippen MR) is 88.4 cm³/mol. The predicted octanol–water partition coefficient (Wildman–Crippen LogP) is 3.60. The molecule has 4 heteroatoms. The molecule has 0 aliphatic rings. The highest BCUT2D eigenvalue weighted by Gasteiger charge is 2.03. The maximum atomic E-state index is 11.7. The third kappa shape index (κ3) is 3.41. The maximum Gasteiger partial charge on any atom is 0.244 e. The van der Waals surface area contributed by atoms with E-state index in [1.165, 1.54) is 10.9 Å². The van der Waals surface area contributed by atoms with Crippen molar-refractivity contribution in [1.29, 1.82) is 0 Å². The molecule has 2 heterocycles. The second-order valence-electron chi connectivity index (χ2n) is 4.75. The van der Waals surface area contributed by atoms with E-state index in [2.05, 4.69) is 22.4 Å². The van der Waals surface area contributed by atoms with Crippen molar-refractivity contribution in [3.63, 3.8) is 0 Å². The van der Waals surface area contributed by atoms with Crippen LogP contribution in [0.15, 0.2) is 54.1 Å². The van der Waals surface area contributed by atoms with Crippen molar-refractivity contribution in [2.45, 2.75) is 6.42 Å². The molecule has 2 aromatic heterocycles. The van der Waals surface area contributed by atoms with E-state index in [1.807, 2.05) is 41.9 Å². The van der Waals surface area contributed by atoms with Gasteiger partial charge in [0.1, 0.15) is 0 Å². The zero-order valence-corrected chi connectivity index (χ0v) is 12.3. The van der Waals surface area contributed by atoms with Gasteiger partial charge in [0, 0.05) is 34.6 Å². The topological polar surface area (TPSA) is 44.9 Å². The first kappa shape index (κ1) is 13.6. The summed E-state index contributed by atoms with van der Waals surface area (Å²) in [5.41, 5.74) is 2.37. The molecule has 0 atom stereocenters. The van der Waals surface area contributed by atoms with Gasteiger partial charge in [0.25, 0.3) is 0 Å². The molecule has 21 heavy (non-hydrogen) atoms. The van der Waals surface area contributed by atoms with Gasteiger partial charge in [-0.2, -0.15) is 0 Å². The van der Waals surface area contributed by atoms with Crippen molar-refractivity contribution in [3.05, 3.63) is 64.5 Å². The van der Waals surface area contributed by atoms with Gasteiger partial charge in [-0.15, -0.1) is 11.3 Å². The number of aromatic nitrogens is 1. The number of nitrogens with one attached hydrogen (secondary N) is 2. The number of para-hydroxylation sites is 1. The number of carbonyl (C=O) groups is 1. The van der Waals surface area contributed by atoms with Crippen LogP contribution in [-0.4, -0.2) is 17.4 Å². The van der Waals surface area contributed by atoms with E-state index < -0.39 is 0 Å². The zero-order valence-electron chi connectivity index (χ0n) is 11.5. The molecule has 0 aliphatic carbocycles. The van der Waals surface area contributed by atoms with Crippen LogP contribution in [0.25, 0.3) is 17.0 Å². The van der Waals surface area contributed by atoms with Crippen LogP contribution in [0, 0.1) is 0 Å². The number of fused-ring (bicyclic) bond motifs is 1. The monoisotopic (exact) mass is 296 g/mol. The van der Waals surface area contributed by atoms with Gasteiger partial charge >= 0.3 is 0 Å². The lowest BCUT2D eigenvalue weighted by Crippen LogP contribution is -2.23. The first-order valence-corrected chi connectivity index (χ1v) is 7.75. The smallest absolute Gasteiger partial charge is 0.244 e. The Morgan fingerprint density at radius 2 is 2.14 bits per heavy atom. The Bertz CT molecular complexity index is 756. The van der Waals surface area contributed by atoms with Crippen molar-refractivity contribution in [1.82, 2.24) is 10.3 Å². The third-order valence-electron chi connectivity index (χ3n) is 3.31. The average molecular weight is 296 g/mol. The second-order valence-corrected chi connectivity index (χ2v) is 5.73. The Hall–Kier alpha value is -2.33. The molecule has 0 saturated carbocycles. The second kappa shape index (κ2) is 6.41. The number of benzene rings is 1. The van der Waals surface area contributed by atoms with E-state index in [9.17, 15) is 4.79 Å². The molecule has 0 fully saturated rings. The Labute approximate surface area is 127 Å². The fraction of sp³-hybridized carbons (Fsp3) is 0.118. The first-order chi connectivity index (χ1) is 10.3. The van der Waals surface area contributed by atoms with Crippen molar-refractivity contribution in [2.24, 2.45) is 0 Å². The molecule has 0 saturated heterocycles. The number of rotatable bonds is 5. The third-order valence-corrected chi connectivity index (χ3v) is 4.15. The number of thiophene rings is 1. The van der Waals surface area contributed by atoms with Crippen molar-refractivity contribution in [2.75, 3.05) is 6.54 Å². The normalized spacial score (nSPS) is 11.2. The molecule has 2 N–H and O–H groups in total. The molecular weight excluding hydrogens is 280 g/mol. The molecule has 1 amide bonds. The van der Waals surface area contributed by atoms with Crippen LogP contribution in [0.3, 0.4) is 0 Å². The van der Waals surface area contributed by atoms with Crippen LogP contribution < -0.4 is 5.32 Å². The fourth-order valence-electron chi connectivity index (χ4n) is 2.26. The molecule has 0 unspecified atom stereocenters. The maximum absolute atomic E-state index is 11.7. The SMILES string of the molecule is O=C(C=Cc1cccs1)NCCc1c[nH]c2ccccc12. The number of H-pyrrole nitrogens is 1. The summed E-state index contributed by atoms with van der Waals surface area (Å²) < 4.78 is 0. The summed E-state index contributed by atoms with van der Waals surface area (Å²) in [5, 5.41) is 6.13. The van der Waals surface area contributed by atoms with Crippen LogP contribution in [0.1, 0.15) is 10.4 Å². The van der Waals surface area contributed by atoms with E-state index in [0.29, 0.717) is 6.54 Å². The Balaban J connectivity index is 1.53.